The van der Waals surface area contributed by atoms with Crippen molar-refractivity contribution < 1.29 is 27.8 Å². The summed E-state index contributed by atoms with van der Waals surface area (Å²) in [5, 5.41) is 2.69. The molecule has 0 radical (unpaired) electrons. The van der Waals surface area contributed by atoms with E-state index < -0.39 is 17.7 Å². The molecule has 194 valence electrons. The van der Waals surface area contributed by atoms with Crippen molar-refractivity contribution in [1.82, 2.24) is 24.4 Å². The van der Waals surface area contributed by atoms with E-state index in [1.54, 1.807) is 34.3 Å². The number of anilines is 2. The van der Waals surface area contributed by atoms with E-state index in [0.29, 0.717) is 32.0 Å². The van der Waals surface area contributed by atoms with Crippen LogP contribution in [0.1, 0.15) is 19.8 Å². The summed E-state index contributed by atoms with van der Waals surface area (Å²) in [6.07, 6.45) is 6.99. The molecule has 2 bridgehead atoms. The first-order valence-corrected chi connectivity index (χ1v) is 12.2. The van der Waals surface area contributed by atoms with Gasteiger partial charge in [-0.3, -0.25) is 0 Å². The van der Waals surface area contributed by atoms with Gasteiger partial charge in [0, 0.05) is 49.1 Å². The molecule has 1 N–H and O–H groups in total. The molecule has 4 heterocycles. The fraction of sp³-hybridized carbons (Fsp3) is 0.440. The minimum atomic E-state index is -0.830. The second-order valence-corrected chi connectivity index (χ2v) is 9.96. The lowest BCUT2D eigenvalue weighted by atomic mass is 9.84. The minimum Gasteiger partial charge on any atom is -0.471 e. The highest BCUT2D eigenvalue weighted by Crippen LogP contribution is 2.40. The molecule has 10 nitrogen and oxygen atoms in total. The minimum absolute atomic E-state index is 0.0499. The van der Waals surface area contributed by atoms with Crippen LogP contribution in [-0.2, 0) is 9.47 Å². The molecule has 3 aliphatic rings. The van der Waals surface area contributed by atoms with Crippen molar-refractivity contribution in [3.8, 4) is 11.6 Å². The van der Waals surface area contributed by atoms with Crippen molar-refractivity contribution in [2.75, 3.05) is 31.6 Å². The van der Waals surface area contributed by atoms with Gasteiger partial charge in [0.15, 0.2) is 5.82 Å². The standard InChI is InChI=1S/C25H26F2N6O4/c1-25(4-5-25)37-24(34)33-9-15-11-35-12-16(10-33)21(15)36-23-20(27)22(29-13-30-23)31-19-3-2-17(8-18(19)26)32-7-6-28-14-32/h2-3,6-8,13-16,21H,4-5,9-12H2,1H3,(H,29,30,31). The van der Waals surface area contributed by atoms with E-state index in [4.69, 9.17) is 14.2 Å². The molecule has 3 aromatic rings. The first-order valence-electron chi connectivity index (χ1n) is 12.2. The van der Waals surface area contributed by atoms with Gasteiger partial charge in [-0.2, -0.15) is 9.37 Å². The predicted octanol–water partition coefficient (Wildman–Crippen LogP) is 3.70. The summed E-state index contributed by atoms with van der Waals surface area (Å²) in [5.41, 5.74) is 0.264. The summed E-state index contributed by atoms with van der Waals surface area (Å²) >= 11 is 0. The number of carbonyl (C=O) groups is 1. The number of likely N-dealkylation sites (tertiary alicyclic amines) is 1. The van der Waals surface area contributed by atoms with Gasteiger partial charge in [-0.25, -0.2) is 19.2 Å². The number of ether oxygens (including phenoxy) is 3. The van der Waals surface area contributed by atoms with E-state index in [2.05, 4.69) is 20.3 Å². The van der Waals surface area contributed by atoms with E-state index in [1.165, 1.54) is 12.1 Å². The number of imidazole rings is 1. The highest BCUT2D eigenvalue weighted by atomic mass is 19.1. The number of benzene rings is 1. The maximum absolute atomic E-state index is 15.4. The topological polar surface area (TPSA) is 104 Å². The fourth-order valence-electron chi connectivity index (χ4n) is 4.75. The Bertz CT molecular complexity index is 1290. The molecule has 6 rings (SSSR count). The highest BCUT2D eigenvalue weighted by Gasteiger charge is 2.47. The lowest BCUT2D eigenvalue weighted by Gasteiger charge is -2.46. The molecule has 2 saturated heterocycles. The lowest BCUT2D eigenvalue weighted by molar-refractivity contribution is -0.112. The average Bonchev–Trinajstić information content (AvgIpc) is 3.35. The Hall–Kier alpha value is -3.80. The number of aromatic nitrogens is 4. The molecule has 12 heteroatoms. The number of nitrogens with one attached hydrogen (secondary N) is 1. The molecule has 1 saturated carbocycles. The Morgan fingerprint density at radius 3 is 2.65 bits per heavy atom. The number of hydrogen-bond donors (Lipinski definition) is 1. The fourth-order valence-corrected chi connectivity index (χ4v) is 4.75. The Balaban J connectivity index is 1.16. The Kier molecular flexibility index (Phi) is 5.90. The number of hydrogen-bond acceptors (Lipinski definition) is 8. The van der Waals surface area contributed by atoms with Crippen molar-refractivity contribution in [2.45, 2.75) is 31.5 Å². The van der Waals surface area contributed by atoms with Gasteiger partial charge in [-0.1, -0.05) is 0 Å². The molecule has 1 aromatic carbocycles. The normalized spacial score (nSPS) is 23.9. The Morgan fingerprint density at radius 2 is 1.97 bits per heavy atom. The van der Waals surface area contributed by atoms with Gasteiger partial charge in [-0.15, -0.1) is 0 Å². The predicted molar refractivity (Wildman–Crippen MR) is 127 cm³/mol. The van der Waals surface area contributed by atoms with E-state index >= 15 is 4.39 Å². The maximum Gasteiger partial charge on any atom is 0.410 e. The third-order valence-electron chi connectivity index (χ3n) is 7.06. The molecule has 2 unspecified atom stereocenters. The van der Waals surface area contributed by atoms with E-state index in [-0.39, 0.29) is 40.9 Å². The summed E-state index contributed by atoms with van der Waals surface area (Å²) in [6.45, 7) is 3.42. The van der Waals surface area contributed by atoms with Crippen LogP contribution in [0.15, 0.2) is 43.2 Å². The molecule has 1 amide bonds. The molecule has 2 aromatic heterocycles. The quantitative estimate of drug-likeness (QED) is 0.533. The SMILES string of the molecule is CC1(OC(=O)N2CC3COCC(C2)C3Oc2ncnc(Nc3ccc(-n4ccnc4)cc3F)c2F)CC1. The number of amides is 1. The second kappa shape index (κ2) is 9.25. The number of nitrogens with zero attached hydrogens (tertiary/aromatic N) is 5. The molecular weight excluding hydrogens is 486 g/mol. The van der Waals surface area contributed by atoms with Gasteiger partial charge in [0.1, 0.15) is 23.8 Å². The van der Waals surface area contributed by atoms with Gasteiger partial charge in [-0.05, 0) is 31.9 Å². The average molecular weight is 513 g/mol. The summed E-state index contributed by atoms with van der Waals surface area (Å²) < 4.78 is 49.1. The Morgan fingerprint density at radius 1 is 1.19 bits per heavy atom. The third kappa shape index (κ3) is 4.80. The molecular formula is C25H26F2N6O4. The first-order chi connectivity index (χ1) is 17.9. The number of fused-ring (bicyclic) bond motifs is 2. The largest absolute Gasteiger partial charge is 0.471 e. The first kappa shape index (κ1) is 23.6. The summed E-state index contributed by atoms with van der Waals surface area (Å²) in [7, 11) is 0. The van der Waals surface area contributed by atoms with Crippen LogP contribution in [0, 0.1) is 23.5 Å². The number of carbonyl (C=O) groups excluding carboxylic acids is 1. The summed E-state index contributed by atoms with van der Waals surface area (Å²) in [6, 6.07) is 4.47. The van der Waals surface area contributed by atoms with Gasteiger partial charge in [0.05, 0.1) is 25.2 Å². The molecule has 2 aliphatic heterocycles. The zero-order chi connectivity index (χ0) is 25.6. The smallest absolute Gasteiger partial charge is 0.410 e. The van der Waals surface area contributed by atoms with Crippen LogP contribution in [0.25, 0.3) is 5.69 Å². The monoisotopic (exact) mass is 512 g/mol. The van der Waals surface area contributed by atoms with Gasteiger partial charge >= 0.3 is 6.09 Å². The second-order valence-electron chi connectivity index (χ2n) is 9.96. The van der Waals surface area contributed by atoms with Crippen molar-refractivity contribution in [3.63, 3.8) is 0 Å². The van der Waals surface area contributed by atoms with Crippen LogP contribution >= 0.6 is 0 Å². The van der Waals surface area contributed by atoms with Crippen molar-refractivity contribution in [1.29, 1.82) is 0 Å². The molecule has 2 atom stereocenters. The lowest BCUT2D eigenvalue weighted by Crippen LogP contribution is -2.59. The zero-order valence-corrected chi connectivity index (χ0v) is 20.1. The molecule has 1 aliphatic carbocycles. The van der Waals surface area contributed by atoms with Crippen LogP contribution in [-0.4, -0.2) is 68.5 Å². The van der Waals surface area contributed by atoms with Crippen molar-refractivity contribution >= 4 is 17.6 Å². The van der Waals surface area contributed by atoms with Gasteiger partial charge in [0.25, 0.3) is 5.88 Å². The molecule has 0 spiro atoms. The van der Waals surface area contributed by atoms with Crippen LogP contribution in [0.4, 0.5) is 25.1 Å². The van der Waals surface area contributed by atoms with Crippen LogP contribution in [0.2, 0.25) is 0 Å². The summed E-state index contributed by atoms with van der Waals surface area (Å²) in [4.78, 5) is 26.2. The maximum atomic E-state index is 15.4. The molecule has 3 fully saturated rings. The number of halogens is 2. The molecule has 37 heavy (non-hydrogen) atoms. The van der Waals surface area contributed by atoms with Gasteiger partial charge < -0.3 is 29.0 Å². The van der Waals surface area contributed by atoms with E-state index in [1.807, 2.05) is 6.92 Å². The van der Waals surface area contributed by atoms with Gasteiger partial charge in [0.2, 0.25) is 5.82 Å². The zero-order valence-electron chi connectivity index (χ0n) is 20.1. The van der Waals surface area contributed by atoms with Crippen LogP contribution in [0.5, 0.6) is 5.88 Å². The Labute approximate surface area is 211 Å². The third-order valence-corrected chi connectivity index (χ3v) is 7.06. The van der Waals surface area contributed by atoms with Crippen molar-refractivity contribution in [3.05, 3.63) is 54.9 Å². The highest BCUT2D eigenvalue weighted by molar-refractivity contribution is 5.68. The summed E-state index contributed by atoms with van der Waals surface area (Å²) in [5.74, 6) is -2.21. The van der Waals surface area contributed by atoms with Crippen molar-refractivity contribution in [2.24, 2.45) is 11.8 Å². The van der Waals surface area contributed by atoms with Crippen LogP contribution in [0.3, 0.4) is 0 Å². The number of piperidine rings is 1. The van der Waals surface area contributed by atoms with E-state index in [0.717, 1.165) is 19.2 Å². The van der Waals surface area contributed by atoms with Crippen LogP contribution < -0.4 is 10.1 Å². The van der Waals surface area contributed by atoms with E-state index in [9.17, 15) is 9.18 Å². The number of rotatable bonds is 6.